The molecule has 1 atom stereocenters. The van der Waals surface area contributed by atoms with E-state index in [-0.39, 0.29) is 6.54 Å². The van der Waals surface area contributed by atoms with Gasteiger partial charge >= 0.3 is 0 Å². The van der Waals surface area contributed by atoms with E-state index in [1.54, 1.807) is 54.0 Å². The lowest BCUT2D eigenvalue weighted by atomic mass is 10.2. The average molecular weight is 486 g/mol. The molecule has 0 saturated heterocycles. The van der Waals surface area contributed by atoms with Gasteiger partial charge in [0.2, 0.25) is 10.0 Å². The molecule has 180 valence electrons. The molecule has 3 N–H and O–H groups in total. The van der Waals surface area contributed by atoms with E-state index in [1.807, 2.05) is 31.2 Å². The van der Waals surface area contributed by atoms with Gasteiger partial charge in [0, 0.05) is 11.8 Å². The maximum absolute atomic E-state index is 12.6. The van der Waals surface area contributed by atoms with Crippen LogP contribution in [0.5, 0.6) is 17.2 Å². The number of nitrogens with one attached hydrogen (secondary N) is 2. The Hall–Kier alpha value is -3.76. The first-order valence-corrected chi connectivity index (χ1v) is 12.2. The Morgan fingerprint density at radius 2 is 1.62 bits per heavy atom. The summed E-state index contributed by atoms with van der Waals surface area (Å²) in [5.41, 5.74) is 3.55. The van der Waals surface area contributed by atoms with Gasteiger partial charge < -0.3 is 14.8 Å². The third-order valence-electron chi connectivity index (χ3n) is 4.97. The summed E-state index contributed by atoms with van der Waals surface area (Å²) in [6.07, 6.45) is 1.04. The lowest BCUT2D eigenvalue weighted by Gasteiger charge is -2.27. The number of carbonyl (C=O) groups excluding carboxylic acids is 1. The zero-order valence-electron chi connectivity index (χ0n) is 19.1. The molecule has 0 aliphatic rings. The third kappa shape index (κ3) is 6.63. The number of amides is 1. The first kappa shape index (κ1) is 24.9. The smallest absolute Gasteiger partial charge is 0.267 e. The highest BCUT2D eigenvalue weighted by Gasteiger charge is 2.27. The van der Waals surface area contributed by atoms with Crippen molar-refractivity contribution >= 4 is 27.3 Å². The fraction of sp³-hybridized carbons (Fsp3) is 0.208. The number of hydroxylamine groups is 1. The van der Waals surface area contributed by atoms with E-state index in [0.717, 1.165) is 16.1 Å². The molecule has 3 aromatic rings. The molecule has 0 bridgehead atoms. The maximum Gasteiger partial charge on any atom is 0.267 e. The van der Waals surface area contributed by atoms with E-state index in [0.29, 0.717) is 28.6 Å². The van der Waals surface area contributed by atoms with Crippen molar-refractivity contribution in [1.82, 2.24) is 5.48 Å². The Bertz CT molecular complexity index is 1210. The molecule has 0 spiro atoms. The molecule has 0 radical (unpaired) electrons. The molecule has 9 nitrogen and oxygen atoms in total. The molecule has 0 aliphatic carbocycles. The first-order valence-electron chi connectivity index (χ1n) is 10.4. The molecule has 3 rings (SSSR count). The van der Waals surface area contributed by atoms with Gasteiger partial charge in [0.1, 0.15) is 23.3 Å². The Balaban J connectivity index is 1.83. The van der Waals surface area contributed by atoms with E-state index in [1.165, 1.54) is 7.11 Å². The normalized spacial score (nSPS) is 11.9. The van der Waals surface area contributed by atoms with E-state index in [9.17, 15) is 18.4 Å². The van der Waals surface area contributed by atoms with Crippen LogP contribution in [0.15, 0.2) is 72.8 Å². The molecular formula is C24H27N3O6S. The summed E-state index contributed by atoms with van der Waals surface area (Å²) in [6, 6.07) is 19.7. The van der Waals surface area contributed by atoms with Crippen LogP contribution in [-0.2, 0) is 14.8 Å². The van der Waals surface area contributed by atoms with Gasteiger partial charge in [-0.15, -0.1) is 0 Å². The lowest BCUT2D eigenvalue weighted by Crippen LogP contribution is -2.48. The van der Waals surface area contributed by atoms with Gasteiger partial charge in [-0.05, 0) is 55.5 Å². The fourth-order valence-electron chi connectivity index (χ4n) is 3.21. The Kier molecular flexibility index (Phi) is 7.98. The summed E-state index contributed by atoms with van der Waals surface area (Å²) in [6.45, 7) is 1.70. The Labute approximate surface area is 198 Å². The van der Waals surface area contributed by atoms with Crippen LogP contribution in [-0.4, -0.2) is 45.5 Å². The van der Waals surface area contributed by atoms with E-state index in [4.69, 9.17) is 9.47 Å². The number of hydrogen-bond acceptors (Lipinski definition) is 7. The van der Waals surface area contributed by atoms with E-state index in [2.05, 4.69) is 5.32 Å². The van der Waals surface area contributed by atoms with Crippen LogP contribution in [0.3, 0.4) is 0 Å². The average Bonchev–Trinajstić information content (AvgIpc) is 2.82. The highest BCUT2D eigenvalue weighted by molar-refractivity contribution is 7.92. The molecule has 0 saturated carbocycles. The van der Waals surface area contributed by atoms with Crippen LogP contribution >= 0.6 is 0 Å². The molecular weight excluding hydrogens is 458 g/mol. The minimum Gasteiger partial charge on any atom is -0.497 e. The topological polar surface area (TPSA) is 117 Å². The zero-order chi connectivity index (χ0) is 24.7. The number of carbonyl (C=O) groups is 1. The van der Waals surface area contributed by atoms with Gasteiger partial charge in [-0.2, -0.15) is 0 Å². The molecule has 3 aromatic carbocycles. The quantitative estimate of drug-likeness (QED) is 0.297. The van der Waals surface area contributed by atoms with Crippen LogP contribution in [0.25, 0.3) is 0 Å². The summed E-state index contributed by atoms with van der Waals surface area (Å²) in [5, 5.41) is 12.2. The van der Waals surface area contributed by atoms with Gasteiger partial charge in [0.25, 0.3) is 5.91 Å². The van der Waals surface area contributed by atoms with E-state index >= 15 is 0 Å². The summed E-state index contributed by atoms with van der Waals surface area (Å²) < 4.78 is 37.2. The number of anilines is 2. The zero-order valence-corrected chi connectivity index (χ0v) is 19.9. The molecule has 1 amide bonds. The first-order chi connectivity index (χ1) is 16.2. The van der Waals surface area contributed by atoms with Crippen molar-refractivity contribution in [2.75, 3.05) is 29.5 Å². The number of nitrogens with zero attached hydrogens (tertiary/aromatic N) is 1. The van der Waals surface area contributed by atoms with Crippen LogP contribution in [0, 0.1) is 6.92 Å². The van der Waals surface area contributed by atoms with Crippen molar-refractivity contribution in [3.8, 4) is 17.2 Å². The van der Waals surface area contributed by atoms with Crippen LogP contribution < -0.4 is 24.6 Å². The van der Waals surface area contributed by atoms with Crippen molar-refractivity contribution in [3.05, 3.63) is 78.4 Å². The number of hydrogen-bond donors (Lipinski definition) is 3. The molecule has 10 heteroatoms. The SMILES string of the molecule is COc1cccc(N[C@@H](CN(c2ccc(Oc3ccc(C)cc3)cc2)S(C)(=O)=O)C(=O)NO)c1. The highest BCUT2D eigenvalue weighted by atomic mass is 32.2. The van der Waals surface area contributed by atoms with Crippen LogP contribution in [0.2, 0.25) is 0 Å². The standard InChI is InChI=1S/C24H27N3O6S/c1-17-7-11-20(12-8-17)33-21-13-9-19(10-14-21)27(34(3,30)31)16-23(24(28)26-29)25-18-5-4-6-22(15-18)32-2/h4-15,23,25,29H,16H2,1-3H3,(H,26,28)/t23-/m0/s1. The second-order valence-electron chi connectivity index (χ2n) is 7.61. The number of sulfonamides is 1. The van der Waals surface area contributed by atoms with E-state index < -0.39 is 22.0 Å². The number of rotatable bonds is 10. The van der Waals surface area contributed by atoms with Crippen molar-refractivity contribution in [2.24, 2.45) is 0 Å². The summed E-state index contributed by atoms with van der Waals surface area (Å²) >= 11 is 0. The molecule has 0 unspecified atom stereocenters. The minimum atomic E-state index is -3.77. The minimum absolute atomic E-state index is 0.277. The fourth-order valence-corrected chi connectivity index (χ4v) is 4.13. The highest BCUT2D eigenvalue weighted by Crippen LogP contribution is 2.26. The molecule has 0 fully saturated rings. The maximum atomic E-state index is 12.6. The Morgan fingerprint density at radius 1 is 1.00 bits per heavy atom. The molecule has 0 aromatic heterocycles. The second-order valence-corrected chi connectivity index (χ2v) is 9.51. The van der Waals surface area contributed by atoms with Crippen molar-refractivity contribution in [1.29, 1.82) is 0 Å². The van der Waals surface area contributed by atoms with Crippen molar-refractivity contribution in [2.45, 2.75) is 13.0 Å². The third-order valence-corrected chi connectivity index (χ3v) is 6.13. The predicted octanol–water partition coefficient (Wildman–Crippen LogP) is 3.55. The van der Waals surface area contributed by atoms with Gasteiger partial charge in [0.15, 0.2) is 0 Å². The van der Waals surface area contributed by atoms with Crippen molar-refractivity contribution < 1.29 is 27.9 Å². The number of aryl methyl sites for hydroxylation is 1. The van der Waals surface area contributed by atoms with Gasteiger partial charge in [-0.25, -0.2) is 13.9 Å². The number of ether oxygens (including phenoxy) is 2. The van der Waals surface area contributed by atoms with Crippen LogP contribution in [0.4, 0.5) is 11.4 Å². The molecule has 0 heterocycles. The number of benzene rings is 3. The summed E-state index contributed by atoms with van der Waals surface area (Å²) in [4.78, 5) is 12.3. The predicted molar refractivity (Wildman–Crippen MR) is 130 cm³/mol. The van der Waals surface area contributed by atoms with Crippen molar-refractivity contribution in [3.63, 3.8) is 0 Å². The second kappa shape index (κ2) is 10.9. The molecule has 0 aliphatic heterocycles. The van der Waals surface area contributed by atoms with Crippen LogP contribution in [0.1, 0.15) is 5.56 Å². The molecule has 34 heavy (non-hydrogen) atoms. The lowest BCUT2D eigenvalue weighted by molar-refractivity contribution is -0.129. The monoisotopic (exact) mass is 485 g/mol. The largest absolute Gasteiger partial charge is 0.497 e. The van der Waals surface area contributed by atoms with Gasteiger partial charge in [-0.3, -0.25) is 14.3 Å². The van der Waals surface area contributed by atoms with Gasteiger partial charge in [0.05, 0.1) is 25.6 Å². The summed E-state index contributed by atoms with van der Waals surface area (Å²) in [5.74, 6) is 0.939. The Morgan fingerprint density at radius 3 is 2.18 bits per heavy atom. The summed E-state index contributed by atoms with van der Waals surface area (Å²) in [7, 11) is -2.26. The van der Waals surface area contributed by atoms with Gasteiger partial charge in [-0.1, -0.05) is 23.8 Å². The number of methoxy groups -OCH3 is 1.